The molecule has 2 unspecified atom stereocenters. The first-order chi connectivity index (χ1) is 8.68. The van der Waals surface area contributed by atoms with E-state index in [4.69, 9.17) is 5.73 Å². The van der Waals surface area contributed by atoms with Gasteiger partial charge in [0.05, 0.1) is 5.54 Å². The molecule has 2 atom stereocenters. The van der Waals surface area contributed by atoms with Crippen LogP contribution < -0.4 is 11.1 Å². The van der Waals surface area contributed by atoms with Crippen LogP contribution >= 0.6 is 0 Å². The van der Waals surface area contributed by atoms with E-state index in [-0.39, 0.29) is 5.54 Å². The highest BCUT2D eigenvalue weighted by Gasteiger charge is 2.45. The van der Waals surface area contributed by atoms with Crippen LogP contribution in [-0.4, -0.2) is 0 Å². The van der Waals surface area contributed by atoms with Crippen LogP contribution in [0.2, 0.25) is 0 Å². The third-order valence-corrected chi connectivity index (χ3v) is 4.43. The van der Waals surface area contributed by atoms with Gasteiger partial charge in [-0.05, 0) is 47.7 Å². The van der Waals surface area contributed by atoms with Gasteiger partial charge in [0.25, 0.3) is 0 Å². The Morgan fingerprint density at radius 1 is 1.17 bits per heavy atom. The number of nitrogen functional groups attached to an aromatic ring is 1. The number of hydrogen-bond acceptors (Lipinski definition) is 2. The van der Waals surface area contributed by atoms with Crippen LogP contribution in [-0.2, 0) is 12.0 Å². The molecule has 0 radical (unpaired) electrons. The minimum atomic E-state index is -0.0530. The summed E-state index contributed by atoms with van der Waals surface area (Å²) in [6.45, 7) is 2.28. The van der Waals surface area contributed by atoms with Crippen molar-refractivity contribution < 1.29 is 0 Å². The Morgan fingerprint density at radius 3 is 2.89 bits per heavy atom. The average molecular weight is 236 g/mol. The second kappa shape index (κ2) is 3.15. The fourth-order valence-corrected chi connectivity index (χ4v) is 3.63. The maximum Gasteiger partial charge on any atom is 0.0672 e. The lowest BCUT2D eigenvalue weighted by Gasteiger charge is -2.34. The monoisotopic (exact) mass is 236 g/mol. The Bertz CT molecular complexity index is 647. The highest BCUT2D eigenvalue weighted by atomic mass is 15.1. The van der Waals surface area contributed by atoms with Gasteiger partial charge in [-0.15, -0.1) is 0 Å². The summed E-state index contributed by atoms with van der Waals surface area (Å²) >= 11 is 0. The lowest BCUT2D eigenvalue weighted by Crippen LogP contribution is -2.41. The smallest absolute Gasteiger partial charge is 0.0672 e. The van der Waals surface area contributed by atoms with Gasteiger partial charge in [-0.2, -0.15) is 0 Å². The topological polar surface area (TPSA) is 38.0 Å². The molecule has 2 heterocycles. The van der Waals surface area contributed by atoms with E-state index in [1.165, 1.54) is 22.3 Å². The Morgan fingerprint density at radius 2 is 2.00 bits per heavy atom. The fraction of sp³-hybridized carbons (Fsp3) is 0.250. The normalized spacial score (nSPS) is 27.7. The van der Waals surface area contributed by atoms with Crippen molar-refractivity contribution >= 4 is 5.69 Å². The Hall–Kier alpha value is -1.80. The summed E-state index contributed by atoms with van der Waals surface area (Å²) in [6, 6.07) is 15.5. The van der Waals surface area contributed by atoms with Gasteiger partial charge in [-0.25, -0.2) is 0 Å². The van der Waals surface area contributed by atoms with E-state index in [1.54, 1.807) is 0 Å². The molecule has 2 nitrogen and oxygen atoms in total. The Kier molecular flexibility index (Phi) is 1.78. The number of fused-ring (bicyclic) bond motifs is 7. The molecule has 2 aliphatic heterocycles. The molecule has 4 rings (SSSR count). The van der Waals surface area contributed by atoms with Crippen LogP contribution in [0, 0.1) is 0 Å². The van der Waals surface area contributed by atoms with E-state index in [2.05, 4.69) is 48.6 Å². The summed E-state index contributed by atoms with van der Waals surface area (Å²) in [7, 11) is 0. The predicted octanol–water partition coefficient (Wildman–Crippen LogP) is 2.73. The third kappa shape index (κ3) is 1.11. The number of benzene rings is 2. The van der Waals surface area contributed by atoms with Gasteiger partial charge in [0.2, 0.25) is 0 Å². The van der Waals surface area contributed by atoms with E-state index in [0.29, 0.717) is 6.04 Å². The molecule has 18 heavy (non-hydrogen) atoms. The predicted molar refractivity (Wildman–Crippen MR) is 73.3 cm³/mol. The number of rotatable bonds is 0. The third-order valence-electron chi connectivity index (χ3n) is 4.43. The molecule has 2 bridgehead atoms. The van der Waals surface area contributed by atoms with Gasteiger partial charge in [-0.3, -0.25) is 5.32 Å². The quantitative estimate of drug-likeness (QED) is 0.690. The number of nitrogens with two attached hydrogens (primary N) is 1. The molecule has 90 valence electrons. The lowest BCUT2D eigenvalue weighted by molar-refractivity contribution is 0.389. The molecule has 0 aliphatic carbocycles. The molecule has 2 aromatic rings. The summed E-state index contributed by atoms with van der Waals surface area (Å²) < 4.78 is 0. The molecule has 0 fully saturated rings. The van der Waals surface area contributed by atoms with Crippen molar-refractivity contribution in [2.45, 2.75) is 24.9 Å². The maximum atomic E-state index is 5.92. The zero-order valence-electron chi connectivity index (χ0n) is 10.4. The lowest BCUT2D eigenvalue weighted by atomic mass is 9.82. The van der Waals surface area contributed by atoms with E-state index >= 15 is 0 Å². The van der Waals surface area contributed by atoms with Crippen LogP contribution in [0.25, 0.3) is 0 Å². The summed E-state index contributed by atoms with van der Waals surface area (Å²) in [5.74, 6) is 0. The molecule has 0 aromatic heterocycles. The molecule has 0 amide bonds. The van der Waals surface area contributed by atoms with Crippen molar-refractivity contribution in [2.75, 3.05) is 5.73 Å². The van der Waals surface area contributed by atoms with Gasteiger partial charge in [-0.1, -0.05) is 30.3 Å². The van der Waals surface area contributed by atoms with Gasteiger partial charge in [0.15, 0.2) is 0 Å². The second-order valence-corrected chi connectivity index (χ2v) is 5.53. The summed E-state index contributed by atoms with van der Waals surface area (Å²) in [5, 5.41) is 3.77. The summed E-state index contributed by atoms with van der Waals surface area (Å²) in [4.78, 5) is 0. The van der Waals surface area contributed by atoms with Crippen molar-refractivity contribution in [3.05, 3.63) is 64.7 Å². The minimum absolute atomic E-state index is 0.0530. The molecule has 2 aliphatic rings. The van der Waals surface area contributed by atoms with Gasteiger partial charge in [0.1, 0.15) is 0 Å². The van der Waals surface area contributed by atoms with E-state index in [1.807, 2.05) is 6.07 Å². The first-order valence-electron chi connectivity index (χ1n) is 6.44. The number of hydrogen-bond donors (Lipinski definition) is 2. The van der Waals surface area contributed by atoms with Crippen molar-refractivity contribution in [2.24, 2.45) is 0 Å². The largest absolute Gasteiger partial charge is 0.399 e. The standard InChI is InChI=1S/C16H16N2/c1-16-13-7-6-11(17)8-10(13)9-15(18-16)12-4-2-3-5-14(12)16/h2-8,15,18H,9,17H2,1H3. The van der Waals surface area contributed by atoms with E-state index < -0.39 is 0 Å². The fourth-order valence-electron chi connectivity index (χ4n) is 3.63. The molecule has 2 heteroatoms. The molecule has 0 saturated carbocycles. The summed E-state index contributed by atoms with van der Waals surface area (Å²) in [5.41, 5.74) is 12.3. The SMILES string of the molecule is CC12NC(Cc3cc(N)ccc31)c1ccccc12. The van der Waals surface area contributed by atoms with Crippen molar-refractivity contribution in [1.29, 1.82) is 0 Å². The van der Waals surface area contributed by atoms with E-state index in [9.17, 15) is 0 Å². The Balaban J connectivity index is 2.02. The number of anilines is 1. The zero-order chi connectivity index (χ0) is 12.3. The Labute approximate surface area is 107 Å². The molecule has 3 N–H and O–H groups in total. The highest BCUT2D eigenvalue weighted by molar-refractivity contribution is 5.57. The second-order valence-electron chi connectivity index (χ2n) is 5.53. The minimum Gasteiger partial charge on any atom is -0.399 e. The van der Waals surface area contributed by atoms with Gasteiger partial charge >= 0.3 is 0 Å². The van der Waals surface area contributed by atoms with Crippen LogP contribution in [0.3, 0.4) is 0 Å². The van der Waals surface area contributed by atoms with Crippen LogP contribution in [0.15, 0.2) is 42.5 Å². The first-order valence-corrected chi connectivity index (χ1v) is 6.44. The van der Waals surface area contributed by atoms with Crippen molar-refractivity contribution in [1.82, 2.24) is 5.32 Å². The average Bonchev–Trinajstić information content (AvgIpc) is 2.60. The highest BCUT2D eigenvalue weighted by Crippen LogP contribution is 2.48. The number of nitrogens with one attached hydrogen (secondary N) is 1. The van der Waals surface area contributed by atoms with Crippen molar-refractivity contribution in [3.8, 4) is 0 Å². The molecule has 0 spiro atoms. The zero-order valence-corrected chi connectivity index (χ0v) is 10.4. The first kappa shape index (κ1) is 10.2. The molecular weight excluding hydrogens is 220 g/mol. The molecular formula is C16H16N2. The van der Waals surface area contributed by atoms with Crippen molar-refractivity contribution in [3.63, 3.8) is 0 Å². The maximum absolute atomic E-state index is 5.92. The summed E-state index contributed by atoms with van der Waals surface area (Å²) in [6.07, 6.45) is 1.03. The molecule has 2 aromatic carbocycles. The van der Waals surface area contributed by atoms with E-state index in [0.717, 1.165) is 12.1 Å². The van der Waals surface area contributed by atoms with Crippen LogP contribution in [0.1, 0.15) is 35.2 Å². The van der Waals surface area contributed by atoms with Crippen LogP contribution in [0.4, 0.5) is 5.69 Å². The molecule has 0 saturated heterocycles. The van der Waals surface area contributed by atoms with Gasteiger partial charge in [0, 0.05) is 11.7 Å². The van der Waals surface area contributed by atoms with Gasteiger partial charge < -0.3 is 5.73 Å². The van der Waals surface area contributed by atoms with Crippen LogP contribution in [0.5, 0.6) is 0 Å².